The van der Waals surface area contributed by atoms with Crippen molar-refractivity contribution in [3.05, 3.63) is 35.5 Å². The summed E-state index contributed by atoms with van der Waals surface area (Å²) in [6.45, 7) is 9.02. The Morgan fingerprint density at radius 3 is 2.35 bits per heavy atom. The molecule has 0 spiro atoms. The van der Waals surface area contributed by atoms with E-state index in [9.17, 15) is 14.4 Å². The monoisotopic (exact) mass is 476 g/mol. The molecule has 1 unspecified atom stereocenters. The first-order chi connectivity index (χ1) is 16.4. The van der Waals surface area contributed by atoms with Gasteiger partial charge in [-0.3, -0.25) is 9.69 Å². The van der Waals surface area contributed by atoms with E-state index in [2.05, 4.69) is 4.90 Å². The maximum Gasteiger partial charge on any atom is 0.347 e. The molecule has 1 fully saturated rings. The van der Waals surface area contributed by atoms with Crippen molar-refractivity contribution in [1.82, 2.24) is 4.90 Å². The van der Waals surface area contributed by atoms with Gasteiger partial charge >= 0.3 is 17.9 Å². The Balaban J connectivity index is 1.91. The van der Waals surface area contributed by atoms with E-state index in [-0.39, 0.29) is 31.9 Å². The number of hydrogen-bond donors (Lipinski definition) is 0. The molecule has 0 N–H and O–H groups in total. The molecule has 2 aliphatic rings. The Bertz CT molecular complexity index is 890. The van der Waals surface area contributed by atoms with E-state index in [1.165, 1.54) is 13.1 Å². The second kappa shape index (κ2) is 12.4. The third-order valence-electron chi connectivity index (χ3n) is 5.29. The number of rotatable bonds is 9. The van der Waals surface area contributed by atoms with Crippen LogP contribution >= 0.6 is 0 Å². The van der Waals surface area contributed by atoms with E-state index in [0.29, 0.717) is 24.7 Å². The molecule has 1 aromatic rings. The van der Waals surface area contributed by atoms with Crippen LogP contribution in [0.3, 0.4) is 0 Å². The molecule has 0 aliphatic carbocycles. The zero-order chi connectivity index (χ0) is 24.5. The van der Waals surface area contributed by atoms with Gasteiger partial charge in [-0.2, -0.15) is 0 Å². The van der Waals surface area contributed by atoms with Crippen molar-refractivity contribution in [2.45, 2.75) is 33.4 Å². The van der Waals surface area contributed by atoms with Crippen molar-refractivity contribution in [2.24, 2.45) is 0 Å². The fourth-order valence-corrected chi connectivity index (χ4v) is 3.72. The molecule has 0 aromatic heterocycles. The summed E-state index contributed by atoms with van der Waals surface area (Å²) in [5.74, 6) is -1.39. The van der Waals surface area contributed by atoms with Crippen LogP contribution in [0.5, 0.6) is 5.75 Å². The van der Waals surface area contributed by atoms with Gasteiger partial charge in [0.25, 0.3) is 0 Å². The van der Waals surface area contributed by atoms with E-state index in [1.807, 2.05) is 18.2 Å². The summed E-state index contributed by atoms with van der Waals surface area (Å²) < 4.78 is 26.8. The first-order valence-electron chi connectivity index (χ1n) is 11.5. The number of carbonyl (C=O) groups excluding carboxylic acids is 3. The van der Waals surface area contributed by atoms with Crippen LogP contribution in [0.1, 0.15) is 26.3 Å². The quantitative estimate of drug-likeness (QED) is 0.172. The minimum atomic E-state index is -0.769. The van der Waals surface area contributed by atoms with Gasteiger partial charge in [0.2, 0.25) is 0 Å². The Hall–Kier alpha value is -3.11. The van der Waals surface area contributed by atoms with Gasteiger partial charge in [-0.05, 0) is 31.5 Å². The fourth-order valence-electron chi connectivity index (χ4n) is 3.72. The topological polar surface area (TPSA) is 104 Å². The van der Waals surface area contributed by atoms with Crippen LogP contribution in [0.15, 0.2) is 30.0 Å². The molecular formula is C24H32N2O8. The van der Waals surface area contributed by atoms with Gasteiger partial charge in [0, 0.05) is 32.8 Å². The highest BCUT2D eigenvalue weighted by Crippen LogP contribution is 2.35. The van der Waals surface area contributed by atoms with Crippen molar-refractivity contribution < 1.29 is 38.1 Å². The van der Waals surface area contributed by atoms with Crippen LogP contribution in [-0.4, -0.2) is 81.6 Å². The predicted molar refractivity (Wildman–Crippen MR) is 122 cm³/mol. The zero-order valence-electron chi connectivity index (χ0n) is 19.9. The van der Waals surface area contributed by atoms with Crippen molar-refractivity contribution >= 4 is 23.6 Å². The molecule has 2 heterocycles. The minimum Gasteiger partial charge on any atom is -0.483 e. The van der Waals surface area contributed by atoms with E-state index >= 15 is 0 Å². The number of nitrogens with zero attached hydrogens (tertiary/aromatic N) is 2. The van der Waals surface area contributed by atoms with E-state index < -0.39 is 24.0 Å². The third-order valence-corrected chi connectivity index (χ3v) is 5.29. The summed E-state index contributed by atoms with van der Waals surface area (Å²) in [6.07, 6.45) is 0.914. The first kappa shape index (κ1) is 25.5. The number of anilines is 1. The minimum absolute atomic E-state index is 0.0287. The molecule has 1 atom stereocenters. The number of fused-ring (bicyclic) bond motifs is 1. The smallest absolute Gasteiger partial charge is 0.347 e. The lowest BCUT2D eigenvalue weighted by Crippen LogP contribution is -2.41. The van der Waals surface area contributed by atoms with Crippen LogP contribution in [0, 0.1) is 0 Å². The average Bonchev–Trinajstić information content (AvgIpc) is 2.81. The largest absolute Gasteiger partial charge is 0.483 e. The Morgan fingerprint density at radius 2 is 1.74 bits per heavy atom. The number of morpholine rings is 1. The third kappa shape index (κ3) is 6.94. The zero-order valence-corrected chi connectivity index (χ0v) is 19.9. The number of hydrogen-bond acceptors (Lipinski definition) is 10. The summed E-state index contributed by atoms with van der Waals surface area (Å²) in [5, 5.41) is 0. The second-order valence-electron chi connectivity index (χ2n) is 7.87. The molecule has 2 aliphatic heterocycles. The second-order valence-corrected chi connectivity index (χ2v) is 7.87. The lowest BCUT2D eigenvalue weighted by atomic mass is 10.1. The summed E-state index contributed by atoms with van der Waals surface area (Å²) in [6, 6.07) is 5.80. The van der Waals surface area contributed by atoms with Gasteiger partial charge in [-0.15, -0.1) is 0 Å². The number of benzene rings is 1. The molecule has 1 saturated heterocycles. The Morgan fingerprint density at radius 1 is 1.06 bits per heavy atom. The summed E-state index contributed by atoms with van der Waals surface area (Å²) in [4.78, 5) is 40.3. The molecule has 34 heavy (non-hydrogen) atoms. The maximum absolute atomic E-state index is 12.5. The van der Waals surface area contributed by atoms with E-state index in [4.69, 9.17) is 23.7 Å². The average molecular weight is 477 g/mol. The normalized spacial score (nSPS) is 17.7. The molecule has 1 aromatic carbocycles. The fraction of sp³-hybridized carbons (Fsp3) is 0.542. The van der Waals surface area contributed by atoms with Gasteiger partial charge in [0.15, 0.2) is 11.7 Å². The highest BCUT2D eigenvalue weighted by atomic mass is 16.6. The van der Waals surface area contributed by atoms with Crippen molar-refractivity contribution in [2.75, 3.05) is 57.6 Å². The van der Waals surface area contributed by atoms with Gasteiger partial charge in [0.1, 0.15) is 12.4 Å². The molecule has 3 rings (SSSR count). The summed E-state index contributed by atoms with van der Waals surface area (Å²) in [7, 11) is 0. The highest BCUT2D eigenvalue weighted by molar-refractivity contribution is 6.14. The standard InChI is InChI=1S/C24H32N2O8/c1-4-31-23(28)20(24(29)32-5-2)15-26-14-19(16-33-17(3)27)34-22-12-18(6-7-21(22)26)13-25-8-10-30-11-9-25/h6-7,12,15,19H,4-5,8-11,13-14,16H2,1-3H3. The van der Waals surface area contributed by atoms with Gasteiger partial charge < -0.3 is 28.6 Å². The van der Waals surface area contributed by atoms with Crippen LogP contribution in [-0.2, 0) is 39.9 Å². The number of carbonyl (C=O) groups is 3. The summed E-state index contributed by atoms with van der Waals surface area (Å²) in [5.41, 5.74) is 1.50. The van der Waals surface area contributed by atoms with Crippen LogP contribution in [0.4, 0.5) is 5.69 Å². The van der Waals surface area contributed by atoms with E-state index in [0.717, 1.165) is 25.2 Å². The van der Waals surface area contributed by atoms with Crippen molar-refractivity contribution in [3.63, 3.8) is 0 Å². The molecule has 10 heteroatoms. The van der Waals surface area contributed by atoms with Gasteiger partial charge in [-0.1, -0.05) is 6.07 Å². The lowest BCUT2D eigenvalue weighted by molar-refractivity contribution is -0.146. The van der Waals surface area contributed by atoms with E-state index in [1.54, 1.807) is 18.7 Å². The molecule has 0 bridgehead atoms. The molecule has 0 saturated carbocycles. The maximum atomic E-state index is 12.5. The van der Waals surface area contributed by atoms with Crippen LogP contribution in [0.25, 0.3) is 0 Å². The molecule has 0 radical (unpaired) electrons. The summed E-state index contributed by atoms with van der Waals surface area (Å²) >= 11 is 0. The van der Waals surface area contributed by atoms with Crippen LogP contribution in [0.2, 0.25) is 0 Å². The van der Waals surface area contributed by atoms with Gasteiger partial charge in [0.05, 0.1) is 38.7 Å². The molecule has 0 amide bonds. The first-order valence-corrected chi connectivity index (χ1v) is 11.5. The van der Waals surface area contributed by atoms with Gasteiger partial charge in [-0.25, -0.2) is 9.59 Å². The molecule has 10 nitrogen and oxygen atoms in total. The lowest BCUT2D eigenvalue weighted by Gasteiger charge is -2.35. The number of ether oxygens (including phenoxy) is 5. The Labute approximate surface area is 199 Å². The Kier molecular flexibility index (Phi) is 9.29. The number of esters is 3. The SMILES string of the molecule is CCOC(=O)C(=CN1CC(COC(C)=O)Oc2cc(CN3CCOCC3)ccc21)C(=O)OCC. The van der Waals surface area contributed by atoms with Crippen LogP contribution < -0.4 is 9.64 Å². The molecular weight excluding hydrogens is 444 g/mol. The van der Waals surface area contributed by atoms with Crippen molar-refractivity contribution in [3.8, 4) is 5.75 Å². The van der Waals surface area contributed by atoms with Crippen molar-refractivity contribution in [1.29, 1.82) is 0 Å². The highest BCUT2D eigenvalue weighted by Gasteiger charge is 2.30. The predicted octanol–water partition coefficient (Wildman–Crippen LogP) is 1.66. The molecule has 186 valence electrons.